The zero-order valence-electron chi connectivity index (χ0n) is 18.4. The Labute approximate surface area is 183 Å². The number of thiazole rings is 1. The van der Waals surface area contributed by atoms with Crippen molar-refractivity contribution in [2.24, 2.45) is 0 Å². The number of rotatable bonds is 8. The van der Waals surface area contributed by atoms with Gasteiger partial charge in [-0.25, -0.2) is 4.98 Å². The summed E-state index contributed by atoms with van der Waals surface area (Å²) < 4.78 is 5.99. The summed E-state index contributed by atoms with van der Waals surface area (Å²) >= 11 is 1.58. The van der Waals surface area contributed by atoms with Crippen LogP contribution in [0.5, 0.6) is 5.75 Å². The summed E-state index contributed by atoms with van der Waals surface area (Å²) in [4.78, 5) is 19.8. The predicted molar refractivity (Wildman–Crippen MR) is 123 cm³/mol. The van der Waals surface area contributed by atoms with Crippen LogP contribution < -0.4 is 4.74 Å². The van der Waals surface area contributed by atoms with Gasteiger partial charge in [0, 0.05) is 17.0 Å². The largest absolute Gasteiger partial charge is 0.486 e. The van der Waals surface area contributed by atoms with Gasteiger partial charge in [-0.05, 0) is 63.4 Å². The van der Waals surface area contributed by atoms with Gasteiger partial charge in [0.25, 0.3) is 5.91 Å². The summed E-state index contributed by atoms with van der Waals surface area (Å²) in [5, 5.41) is 2.94. The van der Waals surface area contributed by atoms with E-state index in [1.807, 2.05) is 53.6 Å². The van der Waals surface area contributed by atoms with E-state index >= 15 is 0 Å². The number of aromatic nitrogens is 1. The minimum absolute atomic E-state index is 0.0502. The standard InChI is InChI=1S/C25H30N2O2S/c1-6-19(4)27(25(28)21-11-7-9-17(2)13-21)14-22-16-30-24(26-22)15-29-23-12-8-10-18(3)20(23)5/h7-13,16,19H,6,14-15H2,1-5H3. The summed E-state index contributed by atoms with van der Waals surface area (Å²) in [6.07, 6.45) is 0.893. The lowest BCUT2D eigenvalue weighted by molar-refractivity contribution is 0.0669. The van der Waals surface area contributed by atoms with Gasteiger partial charge >= 0.3 is 0 Å². The van der Waals surface area contributed by atoms with Gasteiger partial charge in [-0.1, -0.05) is 36.8 Å². The van der Waals surface area contributed by atoms with Crippen LogP contribution in [0.3, 0.4) is 0 Å². The topological polar surface area (TPSA) is 42.4 Å². The first kappa shape index (κ1) is 22.0. The van der Waals surface area contributed by atoms with Crippen LogP contribution in [0.2, 0.25) is 0 Å². The zero-order valence-corrected chi connectivity index (χ0v) is 19.3. The third-order valence-electron chi connectivity index (χ3n) is 5.49. The molecule has 1 heterocycles. The average molecular weight is 423 g/mol. The fraction of sp³-hybridized carbons (Fsp3) is 0.360. The lowest BCUT2D eigenvalue weighted by Crippen LogP contribution is -2.38. The molecule has 0 saturated carbocycles. The molecule has 3 aromatic rings. The summed E-state index contributed by atoms with van der Waals surface area (Å²) in [5.74, 6) is 0.942. The smallest absolute Gasteiger partial charge is 0.254 e. The minimum Gasteiger partial charge on any atom is -0.486 e. The quantitative estimate of drug-likeness (QED) is 0.441. The number of hydrogen-bond donors (Lipinski definition) is 0. The molecule has 0 aliphatic heterocycles. The van der Waals surface area contributed by atoms with Crippen molar-refractivity contribution in [3.05, 3.63) is 80.8 Å². The Morgan fingerprint density at radius 2 is 1.93 bits per heavy atom. The van der Waals surface area contributed by atoms with Crippen molar-refractivity contribution in [2.45, 2.75) is 60.2 Å². The molecule has 4 nitrogen and oxygen atoms in total. The third-order valence-corrected chi connectivity index (χ3v) is 6.36. The zero-order chi connectivity index (χ0) is 21.7. The second kappa shape index (κ2) is 9.90. The first-order chi connectivity index (χ1) is 14.4. The maximum atomic E-state index is 13.2. The van der Waals surface area contributed by atoms with Crippen LogP contribution in [0.4, 0.5) is 0 Å². The normalized spacial score (nSPS) is 11.9. The molecular formula is C25H30N2O2S. The molecule has 158 valence electrons. The number of carbonyl (C=O) groups is 1. The molecule has 0 radical (unpaired) electrons. The van der Waals surface area contributed by atoms with Gasteiger partial charge in [0.05, 0.1) is 12.2 Å². The van der Waals surface area contributed by atoms with E-state index in [0.717, 1.165) is 39.6 Å². The summed E-state index contributed by atoms with van der Waals surface area (Å²) in [7, 11) is 0. The Hall–Kier alpha value is -2.66. The van der Waals surface area contributed by atoms with E-state index in [1.54, 1.807) is 11.3 Å². The molecular weight excluding hydrogens is 392 g/mol. The van der Waals surface area contributed by atoms with Gasteiger partial charge in [-0.3, -0.25) is 4.79 Å². The van der Waals surface area contributed by atoms with Crippen molar-refractivity contribution in [1.29, 1.82) is 0 Å². The molecule has 0 aliphatic rings. The highest BCUT2D eigenvalue weighted by atomic mass is 32.1. The van der Waals surface area contributed by atoms with E-state index in [-0.39, 0.29) is 11.9 Å². The van der Waals surface area contributed by atoms with Crippen LogP contribution in [0.25, 0.3) is 0 Å². The van der Waals surface area contributed by atoms with E-state index in [9.17, 15) is 4.79 Å². The van der Waals surface area contributed by atoms with Crippen molar-refractivity contribution < 1.29 is 9.53 Å². The van der Waals surface area contributed by atoms with E-state index in [4.69, 9.17) is 9.72 Å². The Morgan fingerprint density at radius 1 is 1.17 bits per heavy atom. The molecule has 3 rings (SSSR count). The molecule has 2 aromatic carbocycles. The van der Waals surface area contributed by atoms with Gasteiger partial charge in [0.1, 0.15) is 17.4 Å². The molecule has 0 aliphatic carbocycles. The lowest BCUT2D eigenvalue weighted by atomic mass is 10.1. The van der Waals surface area contributed by atoms with E-state index < -0.39 is 0 Å². The van der Waals surface area contributed by atoms with Crippen molar-refractivity contribution >= 4 is 17.2 Å². The van der Waals surface area contributed by atoms with Gasteiger partial charge < -0.3 is 9.64 Å². The Kier molecular flexibility index (Phi) is 7.27. The fourth-order valence-corrected chi connectivity index (χ4v) is 3.97. The number of ether oxygens (including phenoxy) is 1. The predicted octanol–water partition coefficient (Wildman–Crippen LogP) is 6.09. The summed E-state index contributed by atoms with van der Waals surface area (Å²) in [6.45, 7) is 11.3. The first-order valence-corrected chi connectivity index (χ1v) is 11.3. The van der Waals surface area contributed by atoms with Gasteiger partial charge in [-0.15, -0.1) is 11.3 Å². The van der Waals surface area contributed by atoms with Crippen LogP contribution in [-0.2, 0) is 13.2 Å². The maximum absolute atomic E-state index is 13.2. The molecule has 0 spiro atoms. The van der Waals surface area contributed by atoms with E-state index in [1.165, 1.54) is 5.56 Å². The first-order valence-electron chi connectivity index (χ1n) is 10.4. The molecule has 1 unspecified atom stereocenters. The van der Waals surface area contributed by atoms with Gasteiger partial charge in [-0.2, -0.15) is 0 Å². The van der Waals surface area contributed by atoms with E-state index in [0.29, 0.717) is 13.2 Å². The molecule has 5 heteroatoms. The van der Waals surface area contributed by atoms with Crippen molar-refractivity contribution in [3.8, 4) is 5.75 Å². The summed E-state index contributed by atoms with van der Waals surface area (Å²) in [6, 6.07) is 14.0. The van der Waals surface area contributed by atoms with Gasteiger partial charge in [0.15, 0.2) is 0 Å². The van der Waals surface area contributed by atoms with Crippen LogP contribution in [0.1, 0.15) is 58.0 Å². The molecule has 30 heavy (non-hydrogen) atoms. The highest BCUT2D eigenvalue weighted by Gasteiger charge is 2.22. The average Bonchev–Trinajstić information content (AvgIpc) is 3.19. The molecule has 0 N–H and O–H groups in total. The Bertz CT molecular complexity index is 1010. The van der Waals surface area contributed by atoms with Crippen molar-refractivity contribution in [2.75, 3.05) is 0 Å². The number of carbonyl (C=O) groups excluding carboxylic acids is 1. The second-order valence-electron chi connectivity index (χ2n) is 7.78. The van der Waals surface area contributed by atoms with Crippen molar-refractivity contribution in [1.82, 2.24) is 9.88 Å². The highest BCUT2D eigenvalue weighted by molar-refractivity contribution is 7.09. The summed E-state index contributed by atoms with van der Waals surface area (Å²) in [5.41, 5.74) is 5.08. The number of amides is 1. The van der Waals surface area contributed by atoms with Gasteiger partial charge in [0.2, 0.25) is 0 Å². The van der Waals surface area contributed by atoms with E-state index in [2.05, 4.69) is 33.8 Å². The molecule has 0 fully saturated rings. The molecule has 1 atom stereocenters. The fourth-order valence-electron chi connectivity index (χ4n) is 3.27. The number of aryl methyl sites for hydroxylation is 2. The van der Waals surface area contributed by atoms with Crippen LogP contribution >= 0.6 is 11.3 Å². The SMILES string of the molecule is CCC(C)N(Cc1csc(COc2cccc(C)c2C)n1)C(=O)c1cccc(C)c1. The maximum Gasteiger partial charge on any atom is 0.254 e. The highest BCUT2D eigenvalue weighted by Crippen LogP contribution is 2.23. The minimum atomic E-state index is 0.0502. The molecule has 0 bridgehead atoms. The monoisotopic (exact) mass is 422 g/mol. The molecule has 0 saturated heterocycles. The van der Waals surface area contributed by atoms with Crippen LogP contribution in [-0.4, -0.2) is 21.8 Å². The van der Waals surface area contributed by atoms with Crippen LogP contribution in [0, 0.1) is 20.8 Å². The number of nitrogens with zero attached hydrogens (tertiary/aromatic N) is 2. The lowest BCUT2D eigenvalue weighted by Gasteiger charge is -2.28. The number of benzene rings is 2. The number of hydrogen-bond acceptors (Lipinski definition) is 4. The molecule has 1 amide bonds. The Balaban J connectivity index is 1.71. The molecule has 1 aromatic heterocycles. The second-order valence-corrected chi connectivity index (χ2v) is 8.72. The Morgan fingerprint density at radius 3 is 2.67 bits per heavy atom. The van der Waals surface area contributed by atoms with Crippen LogP contribution in [0.15, 0.2) is 47.8 Å². The van der Waals surface area contributed by atoms with Crippen molar-refractivity contribution in [3.63, 3.8) is 0 Å². The third kappa shape index (κ3) is 5.28.